The highest BCUT2D eigenvalue weighted by atomic mass is 32.1. The number of aromatic nitrogens is 2. The van der Waals surface area contributed by atoms with E-state index in [4.69, 9.17) is 18.0 Å². The molecule has 118 valence electrons. The molecule has 4 nitrogen and oxygen atoms in total. The van der Waals surface area contributed by atoms with Gasteiger partial charge in [-0.05, 0) is 24.5 Å². The molecule has 2 heterocycles. The number of hydrogen-bond acceptors (Lipinski definition) is 4. The van der Waals surface area contributed by atoms with Crippen molar-refractivity contribution in [2.24, 2.45) is 5.73 Å². The van der Waals surface area contributed by atoms with Crippen LogP contribution in [0.25, 0.3) is 21.3 Å². The van der Waals surface area contributed by atoms with Gasteiger partial charge in [0.1, 0.15) is 10.7 Å². The van der Waals surface area contributed by atoms with E-state index in [1.54, 1.807) is 11.5 Å². The number of aryl methyl sites for hydroxylation is 2. The molecule has 0 saturated heterocycles. The van der Waals surface area contributed by atoms with Gasteiger partial charge in [-0.2, -0.15) is 0 Å². The lowest BCUT2D eigenvalue weighted by Gasteiger charge is -2.09. The summed E-state index contributed by atoms with van der Waals surface area (Å²) in [4.78, 5) is 18.4. The summed E-state index contributed by atoms with van der Waals surface area (Å²) in [7, 11) is 0. The first-order chi connectivity index (χ1) is 11.0. The summed E-state index contributed by atoms with van der Waals surface area (Å²) in [6.45, 7) is 4.14. The molecule has 0 atom stereocenters. The van der Waals surface area contributed by atoms with Crippen molar-refractivity contribution in [1.29, 1.82) is 0 Å². The van der Waals surface area contributed by atoms with E-state index >= 15 is 0 Å². The molecule has 23 heavy (non-hydrogen) atoms. The minimum absolute atomic E-state index is 0.0869. The van der Waals surface area contributed by atoms with Crippen LogP contribution in [0.1, 0.15) is 18.3 Å². The van der Waals surface area contributed by atoms with E-state index in [1.807, 2.05) is 5.38 Å². The Bertz CT molecular complexity index is 939. The third-order valence-electron chi connectivity index (χ3n) is 3.87. The first-order valence-electron chi connectivity index (χ1n) is 7.37. The molecule has 0 radical (unpaired) electrons. The molecule has 0 saturated carbocycles. The Kier molecular flexibility index (Phi) is 4.28. The Morgan fingerprint density at radius 3 is 2.65 bits per heavy atom. The Balaban J connectivity index is 2.22. The summed E-state index contributed by atoms with van der Waals surface area (Å²) in [6.07, 6.45) is 0.992. The molecule has 3 aromatic rings. The van der Waals surface area contributed by atoms with Crippen LogP contribution in [0.3, 0.4) is 0 Å². The van der Waals surface area contributed by atoms with Crippen molar-refractivity contribution in [3.63, 3.8) is 0 Å². The Hall–Kier alpha value is -2.05. The van der Waals surface area contributed by atoms with Gasteiger partial charge in [0.05, 0.1) is 16.9 Å². The molecule has 2 aromatic heterocycles. The Labute approximate surface area is 143 Å². The number of fused-ring (bicyclic) bond motifs is 1. The summed E-state index contributed by atoms with van der Waals surface area (Å²) in [6, 6.07) is 8.29. The van der Waals surface area contributed by atoms with Crippen LogP contribution in [0.2, 0.25) is 0 Å². The maximum Gasteiger partial charge on any atom is 0.263 e. The van der Waals surface area contributed by atoms with Crippen LogP contribution in [0.4, 0.5) is 0 Å². The fraction of sp³-hybridized carbons (Fsp3) is 0.235. The van der Waals surface area contributed by atoms with Crippen molar-refractivity contribution < 1.29 is 0 Å². The molecule has 6 heteroatoms. The number of benzene rings is 1. The predicted octanol–water partition coefficient (Wildman–Crippen LogP) is 3.28. The maximum absolute atomic E-state index is 12.9. The quantitative estimate of drug-likeness (QED) is 0.739. The SMILES string of the molecule is CCc1ccc(-c2csc3nc(C)n(CC(N)=S)c(=O)c23)cc1. The van der Waals surface area contributed by atoms with Gasteiger partial charge in [-0.3, -0.25) is 9.36 Å². The average molecular weight is 343 g/mol. The predicted molar refractivity (Wildman–Crippen MR) is 100 cm³/mol. The van der Waals surface area contributed by atoms with E-state index in [-0.39, 0.29) is 17.1 Å². The highest BCUT2D eigenvalue weighted by molar-refractivity contribution is 7.80. The summed E-state index contributed by atoms with van der Waals surface area (Å²) in [5.41, 5.74) is 8.74. The van der Waals surface area contributed by atoms with Crippen LogP contribution in [-0.2, 0) is 13.0 Å². The fourth-order valence-electron chi connectivity index (χ4n) is 2.60. The van der Waals surface area contributed by atoms with Gasteiger partial charge >= 0.3 is 0 Å². The van der Waals surface area contributed by atoms with E-state index in [1.165, 1.54) is 16.9 Å². The molecule has 3 rings (SSSR count). The smallest absolute Gasteiger partial charge is 0.263 e. The third kappa shape index (κ3) is 2.92. The molecule has 0 aliphatic heterocycles. The van der Waals surface area contributed by atoms with E-state index in [0.29, 0.717) is 11.2 Å². The van der Waals surface area contributed by atoms with E-state index in [9.17, 15) is 4.79 Å². The molecule has 0 amide bonds. The van der Waals surface area contributed by atoms with Gasteiger partial charge in [-0.1, -0.05) is 43.4 Å². The third-order valence-corrected chi connectivity index (χ3v) is 4.87. The minimum Gasteiger partial charge on any atom is -0.392 e. The van der Waals surface area contributed by atoms with Crippen molar-refractivity contribution >= 4 is 38.8 Å². The van der Waals surface area contributed by atoms with Gasteiger partial charge < -0.3 is 5.73 Å². The van der Waals surface area contributed by atoms with Crippen molar-refractivity contribution in [3.8, 4) is 11.1 Å². The number of nitrogens with two attached hydrogens (primary N) is 1. The zero-order chi connectivity index (χ0) is 16.6. The molecule has 2 N–H and O–H groups in total. The summed E-state index contributed by atoms with van der Waals surface area (Å²) < 4.78 is 1.54. The summed E-state index contributed by atoms with van der Waals surface area (Å²) >= 11 is 6.43. The molecule has 1 aromatic carbocycles. The zero-order valence-corrected chi connectivity index (χ0v) is 14.6. The normalized spacial score (nSPS) is 11.0. The second kappa shape index (κ2) is 6.22. The van der Waals surface area contributed by atoms with E-state index in [2.05, 4.69) is 36.2 Å². The second-order valence-corrected chi connectivity index (χ2v) is 6.78. The van der Waals surface area contributed by atoms with Gasteiger partial charge in [0.15, 0.2) is 0 Å². The lowest BCUT2D eigenvalue weighted by atomic mass is 10.0. The molecular formula is C17H17N3OS2. The lowest BCUT2D eigenvalue weighted by Crippen LogP contribution is -2.29. The average Bonchev–Trinajstić information content (AvgIpc) is 2.95. The van der Waals surface area contributed by atoms with Crippen LogP contribution < -0.4 is 11.3 Å². The fourth-order valence-corrected chi connectivity index (χ4v) is 3.71. The van der Waals surface area contributed by atoms with E-state index in [0.717, 1.165) is 22.4 Å². The molecule has 0 aliphatic rings. The molecule has 0 unspecified atom stereocenters. The van der Waals surface area contributed by atoms with Gasteiger partial charge in [0.2, 0.25) is 0 Å². The number of hydrogen-bond donors (Lipinski definition) is 1. The lowest BCUT2D eigenvalue weighted by molar-refractivity contribution is 0.753. The Morgan fingerprint density at radius 1 is 1.35 bits per heavy atom. The second-order valence-electron chi connectivity index (χ2n) is 5.40. The molecular weight excluding hydrogens is 326 g/mol. The highest BCUT2D eigenvalue weighted by Gasteiger charge is 2.15. The summed E-state index contributed by atoms with van der Waals surface area (Å²) in [5.74, 6) is 0.630. The monoisotopic (exact) mass is 343 g/mol. The standard InChI is InChI=1S/C17H17N3OS2/c1-3-11-4-6-12(7-5-11)13-9-23-16-15(13)17(21)20(8-14(18)22)10(2)19-16/h4-7,9H,3,8H2,1-2H3,(H2,18,22). The first kappa shape index (κ1) is 15.8. The number of thiophene rings is 1. The maximum atomic E-state index is 12.9. The van der Waals surface area contributed by atoms with Crippen molar-refractivity contribution in [2.45, 2.75) is 26.8 Å². The largest absolute Gasteiger partial charge is 0.392 e. The van der Waals surface area contributed by atoms with Crippen LogP contribution in [0.15, 0.2) is 34.4 Å². The zero-order valence-electron chi connectivity index (χ0n) is 13.0. The molecule has 0 aliphatic carbocycles. The number of thiocarbonyl (C=S) groups is 1. The van der Waals surface area contributed by atoms with Gasteiger partial charge in [-0.25, -0.2) is 4.98 Å². The van der Waals surface area contributed by atoms with Crippen molar-refractivity contribution in [2.75, 3.05) is 0 Å². The van der Waals surface area contributed by atoms with Gasteiger partial charge in [0.25, 0.3) is 5.56 Å². The van der Waals surface area contributed by atoms with Gasteiger partial charge in [0, 0.05) is 10.9 Å². The van der Waals surface area contributed by atoms with Gasteiger partial charge in [-0.15, -0.1) is 11.3 Å². The van der Waals surface area contributed by atoms with Crippen LogP contribution in [0, 0.1) is 6.92 Å². The Morgan fingerprint density at radius 2 is 2.04 bits per heavy atom. The molecule has 0 bridgehead atoms. The van der Waals surface area contributed by atoms with Crippen LogP contribution in [-0.4, -0.2) is 14.5 Å². The van der Waals surface area contributed by atoms with Crippen molar-refractivity contribution in [1.82, 2.24) is 9.55 Å². The first-order valence-corrected chi connectivity index (χ1v) is 8.66. The molecule has 0 fully saturated rings. The highest BCUT2D eigenvalue weighted by Crippen LogP contribution is 2.31. The van der Waals surface area contributed by atoms with Crippen LogP contribution >= 0.6 is 23.6 Å². The number of nitrogens with zero attached hydrogens (tertiary/aromatic N) is 2. The van der Waals surface area contributed by atoms with Crippen LogP contribution in [0.5, 0.6) is 0 Å². The number of rotatable bonds is 4. The minimum atomic E-state index is -0.0869. The van der Waals surface area contributed by atoms with Crippen molar-refractivity contribution in [3.05, 3.63) is 51.4 Å². The summed E-state index contributed by atoms with van der Waals surface area (Å²) in [5, 5.41) is 2.63. The van der Waals surface area contributed by atoms with E-state index < -0.39 is 0 Å². The topological polar surface area (TPSA) is 60.9 Å². The molecule has 0 spiro atoms.